The van der Waals surface area contributed by atoms with Crippen LogP contribution in [0.25, 0.3) is 0 Å². The minimum absolute atomic E-state index is 0.150. The summed E-state index contributed by atoms with van der Waals surface area (Å²) in [6.07, 6.45) is 0. The summed E-state index contributed by atoms with van der Waals surface area (Å²) >= 11 is 3.85. The lowest BCUT2D eigenvalue weighted by molar-refractivity contribution is 0.322. The molecule has 1 aromatic rings. The van der Waals surface area contributed by atoms with E-state index in [9.17, 15) is 0 Å². The fraction of sp³-hybridized carbons (Fsp3) is 0.800. The standard InChI is InChI=1S/C10H17N3OS2/c1-6(2)8(11)10-12-9(13-14-10)7-5-15-3-4-16-7/h6-8H,3-5,11H2,1-2H3/t7?,8-/m0/s1. The fourth-order valence-corrected chi connectivity index (χ4v) is 4.02. The van der Waals surface area contributed by atoms with Crippen molar-refractivity contribution in [1.82, 2.24) is 10.1 Å². The molecule has 16 heavy (non-hydrogen) atoms. The summed E-state index contributed by atoms with van der Waals surface area (Å²) in [6.45, 7) is 4.11. The normalized spacial score (nSPS) is 23.6. The Hall–Kier alpha value is -0.200. The molecular weight excluding hydrogens is 242 g/mol. The second kappa shape index (κ2) is 5.42. The Labute approximate surface area is 104 Å². The van der Waals surface area contributed by atoms with Crippen LogP contribution in [0.3, 0.4) is 0 Å². The third-order valence-corrected chi connectivity index (χ3v) is 5.32. The fourth-order valence-electron chi connectivity index (χ4n) is 1.44. The molecule has 2 atom stereocenters. The third kappa shape index (κ3) is 2.73. The predicted molar refractivity (Wildman–Crippen MR) is 68.6 cm³/mol. The average molecular weight is 259 g/mol. The van der Waals surface area contributed by atoms with Gasteiger partial charge in [0.2, 0.25) is 5.89 Å². The van der Waals surface area contributed by atoms with Gasteiger partial charge in [-0.25, -0.2) is 0 Å². The maximum atomic E-state index is 5.97. The summed E-state index contributed by atoms with van der Waals surface area (Å²) in [5.41, 5.74) is 5.97. The molecule has 0 amide bonds. The van der Waals surface area contributed by atoms with Crippen molar-refractivity contribution in [3.05, 3.63) is 11.7 Å². The van der Waals surface area contributed by atoms with Gasteiger partial charge in [0.15, 0.2) is 5.82 Å². The topological polar surface area (TPSA) is 64.9 Å². The van der Waals surface area contributed by atoms with E-state index >= 15 is 0 Å². The highest BCUT2D eigenvalue weighted by Crippen LogP contribution is 2.35. The molecule has 0 bridgehead atoms. The van der Waals surface area contributed by atoms with E-state index in [-0.39, 0.29) is 6.04 Å². The molecule has 1 saturated heterocycles. The molecular formula is C10H17N3OS2. The molecule has 6 heteroatoms. The molecule has 0 saturated carbocycles. The van der Waals surface area contributed by atoms with E-state index in [1.807, 2.05) is 23.5 Å². The van der Waals surface area contributed by atoms with Gasteiger partial charge in [0.25, 0.3) is 0 Å². The quantitative estimate of drug-likeness (QED) is 0.898. The molecule has 1 aliphatic heterocycles. The van der Waals surface area contributed by atoms with Crippen LogP contribution >= 0.6 is 23.5 Å². The van der Waals surface area contributed by atoms with Gasteiger partial charge in [0, 0.05) is 17.3 Å². The van der Waals surface area contributed by atoms with Crippen molar-refractivity contribution in [3.63, 3.8) is 0 Å². The van der Waals surface area contributed by atoms with Crippen LogP contribution in [0.15, 0.2) is 4.52 Å². The molecule has 1 aromatic heterocycles. The maximum Gasteiger partial charge on any atom is 0.243 e. The summed E-state index contributed by atoms with van der Waals surface area (Å²) in [7, 11) is 0. The number of hydrogen-bond acceptors (Lipinski definition) is 6. The maximum absolute atomic E-state index is 5.97. The van der Waals surface area contributed by atoms with E-state index in [0.29, 0.717) is 17.1 Å². The number of nitrogens with two attached hydrogens (primary N) is 1. The Bertz CT molecular complexity index is 337. The summed E-state index contributed by atoms with van der Waals surface area (Å²) in [4.78, 5) is 4.42. The SMILES string of the molecule is CC(C)[C@H](N)c1nc(C2CSCCS2)no1. The third-order valence-electron chi connectivity index (χ3n) is 2.56. The van der Waals surface area contributed by atoms with E-state index < -0.39 is 0 Å². The molecule has 1 unspecified atom stereocenters. The highest BCUT2D eigenvalue weighted by molar-refractivity contribution is 8.06. The molecule has 2 heterocycles. The minimum Gasteiger partial charge on any atom is -0.338 e. The summed E-state index contributed by atoms with van der Waals surface area (Å²) in [5.74, 6) is 5.15. The van der Waals surface area contributed by atoms with E-state index in [4.69, 9.17) is 10.3 Å². The smallest absolute Gasteiger partial charge is 0.243 e. The monoisotopic (exact) mass is 259 g/mol. The molecule has 0 aromatic carbocycles. The van der Waals surface area contributed by atoms with Gasteiger partial charge in [-0.15, -0.1) is 11.8 Å². The Morgan fingerprint density at radius 1 is 1.44 bits per heavy atom. The zero-order chi connectivity index (χ0) is 11.5. The molecule has 0 radical (unpaired) electrons. The molecule has 1 aliphatic rings. The number of nitrogens with zero attached hydrogens (tertiary/aromatic N) is 2. The molecule has 4 nitrogen and oxygen atoms in total. The predicted octanol–water partition coefficient (Wildman–Crippen LogP) is 2.25. The Balaban J connectivity index is 2.06. The Kier molecular flexibility index (Phi) is 4.16. The first kappa shape index (κ1) is 12.3. The van der Waals surface area contributed by atoms with Crippen LogP contribution < -0.4 is 5.73 Å². The van der Waals surface area contributed by atoms with Gasteiger partial charge in [0.05, 0.1) is 11.3 Å². The number of aromatic nitrogens is 2. The molecule has 90 valence electrons. The lowest BCUT2D eigenvalue weighted by Crippen LogP contribution is -2.17. The second-order valence-electron chi connectivity index (χ2n) is 4.19. The lowest BCUT2D eigenvalue weighted by Gasteiger charge is -2.17. The number of hydrogen-bond donors (Lipinski definition) is 1. The van der Waals surface area contributed by atoms with Crippen molar-refractivity contribution in [2.24, 2.45) is 11.7 Å². The Morgan fingerprint density at radius 3 is 2.88 bits per heavy atom. The van der Waals surface area contributed by atoms with Gasteiger partial charge >= 0.3 is 0 Å². The summed E-state index contributed by atoms with van der Waals surface area (Å²) < 4.78 is 5.23. The van der Waals surface area contributed by atoms with Crippen LogP contribution in [0.4, 0.5) is 0 Å². The molecule has 2 rings (SSSR count). The summed E-state index contributed by atoms with van der Waals surface area (Å²) in [6, 6.07) is -0.150. The van der Waals surface area contributed by atoms with E-state index in [1.165, 1.54) is 5.75 Å². The van der Waals surface area contributed by atoms with Crippen LogP contribution in [0.1, 0.15) is 36.9 Å². The van der Waals surface area contributed by atoms with Crippen LogP contribution in [0.2, 0.25) is 0 Å². The van der Waals surface area contributed by atoms with E-state index in [2.05, 4.69) is 24.0 Å². The minimum atomic E-state index is -0.150. The van der Waals surface area contributed by atoms with Crippen molar-refractivity contribution in [2.45, 2.75) is 25.1 Å². The van der Waals surface area contributed by atoms with Crippen molar-refractivity contribution < 1.29 is 4.52 Å². The van der Waals surface area contributed by atoms with Crippen LogP contribution in [0, 0.1) is 5.92 Å². The number of thioether (sulfide) groups is 2. The first-order valence-corrected chi connectivity index (χ1v) is 7.67. The highest BCUT2D eigenvalue weighted by atomic mass is 32.2. The van der Waals surface area contributed by atoms with Crippen LogP contribution in [0.5, 0.6) is 0 Å². The molecule has 2 N–H and O–H groups in total. The zero-order valence-electron chi connectivity index (χ0n) is 9.55. The van der Waals surface area contributed by atoms with Crippen molar-refractivity contribution >= 4 is 23.5 Å². The molecule has 0 aliphatic carbocycles. The summed E-state index contributed by atoms with van der Waals surface area (Å²) in [5, 5.41) is 4.41. The Morgan fingerprint density at radius 2 is 2.25 bits per heavy atom. The molecule has 1 fully saturated rings. The lowest BCUT2D eigenvalue weighted by atomic mass is 10.1. The van der Waals surface area contributed by atoms with Crippen molar-refractivity contribution in [2.75, 3.05) is 17.3 Å². The largest absolute Gasteiger partial charge is 0.338 e. The van der Waals surface area contributed by atoms with Gasteiger partial charge in [-0.05, 0) is 5.92 Å². The first-order chi connectivity index (χ1) is 7.68. The van der Waals surface area contributed by atoms with Gasteiger partial charge in [-0.2, -0.15) is 16.7 Å². The second-order valence-corrected chi connectivity index (χ2v) is 6.66. The average Bonchev–Trinajstić information content (AvgIpc) is 2.78. The van der Waals surface area contributed by atoms with E-state index in [0.717, 1.165) is 17.3 Å². The van der Waals surface area contributed by atoms with Crippen LogP contribution in [-0.2, 0) is 0 Å². The van der Waals surface area contributed by atoms with Gasteiger partial charge < -0.3 is 10.3 Å². The first-order valence-electron chi connectivity index (χ1n) is 5.47. The highest BCUT2D eigenvalue weighted by Gasteiger charge is 2.24. The van der Waals surface area contributed by atoms with Crippen molar-refractivity contribution in [3.8, 4) is 0 Å². The van der Waals surface area contributed by atoms with Gasteiger partial charge in [0.1, 0.15) is 0 Å². The van der Waals surface area contributed by atoms with Gasteiger partial charge in [-0.1, -0.05) is 19.0 Å². The van der Waals surface area contributed by atoms with Gasteiger partial charge in [-0.3, -0.25) is 0 Å². The van der Waals surface area contributed by atoms with Crippen molar-refractivity contribution in [1.29, 1.82) is 0 Å². The van der Waals surface area contributed by atoms with E-state index in [1.54, 1.807) is 0 Å². The number of rotatable bonds is 3. The van der Waals surface area contributed by atoms with Crippen LogP contribution in [-0.4, -0.2) is 27.4 Å². The molecule has 0 spiro atoms. The zero-order valence-corrected chi connectivity index (χ0v) is 11.2.